The summed E-state index contributed by atoms with van der Waals surface area (Å²) < 4.78 is 18.2. The molecule has 1 rings (SSSR count). The van der Waals surface area contributed by atoms with Crippen molar-refractivity contribution in [1.29, 1.82) is 0 Å². The lowest BCUT2D eigenvalue weighted by Gasteiger charge is -2.11. The second-order valence-electron chi connectivity index (χ2n) is 3.61. The molecular weight excluding hydrogens is 210 g/mol. The maximum Gasteiger partial charge on any atom is 0.492 e. The third-order valence-corrected chi connectivity index (χ3v) is 2.04. The molecule has 16 heavy (non-hydrogen) atoms. The average Bonchev–Trinajstić information content (AvgIpc) is 2.16. The van der Waals surface area contributed by atoms with Gasteiger partial charge in [-0.2, -0.15) is 0 Å². The van der Waals surface area contributed by atoms with Gasteiger partial charge in [-0.1, -0.05) is 11.6 Å². The van der Waals surface area contributed by atoms with Gasteiger partial charge in [0.1, 0.15) is 11.6 Å². The smallest absolute Gasteiger partial charge is 0.492 e. The largest absolute Gasteiger partial charge is 0.494 e. The van der Waals surface area contributed by atoms with Crippen LogP contribution in [0.4, 0.5) is 4.39 Å². The summed E-state index contributed by atoms with van der Waals surface area (Å²) in [5, 5.41) is 18.1. The second-order valence-corrected chi connectivity index (χ2v) is 3.61. The first-order chi connectivity index (χ1) is 7.50. The molecule has 1 aromatic carbocycles. The van der Waals surface area contributed by atoms with Crippen LogP contribution in [0.1, 0.15) is 13.3 Å². The normalized spacial score (nSPS) is 10.0. The fraction of sp³-hybridized carbons (Fsp3) is 0.273. The predicted molar refractivity (Wildman–Crippen MR) is 61.2 cm³/mol. The summed E-state index contributed by atoms with van der Waals surface area (Å²) in [6.45, 7) is 5.90. The highest BCUT2D eigenvalue weighted by atomic mass is 19.1. The minimum Gasteiger partial charge on any atom is -0.494 e. The molecule has 0 spiro atoms. The van der Waals surface area contributed by atoms with Crippen LogP contribution in [0, 0.1) is 5.82 Å². The molecule has 0 saturated carbocycles. The van der Waals surface area contributed by atoms with E-state index < -0.39 is 12.9 Å². The van der Waals surface area contributed by atoms with Crippen molar-refractivity contribution in [2.24, 2.45) is 0 Å². The van der Waals surface area contributed by atoms with E-state index in [1.807, 2.05) is 6.92 Å². The van der Waals surface area contributed by atoms with E-state index in [1.54, 1.807) is 0 Å². The highest BCUT2D eigenvalue weighted by Gasteiger charge is 2.17. The first kappa shape index (κ1) is 12.7. The van der Waals surface area contributed by atoms with Crippen LogP contribution in [0.2, 0.25) is 0 Å². The topological polar surface area (TPSA) is 49.7 Å². The Bertz CT molecular complexity index is 379. The SMILES string of the molecule is C=C(C)CCOc1cc(F)ccc1B(O)O. The lowest BCUT2D eigenvalue weighted by Crippen LogP contribution is -2.31. The van der Waals surface area contributed by atoms with Crippen molar-refractivity contribution >= 4 is 12.6 Å². The van der Waals surface area contributed by atoms with Gasteiger partial charge < -0.3 is 14.8 Å². The third-order valence-electron chi connectivity index (χ3n) is 2.04. The molecule has 0 fully saturated rings. The first-order valence-electron chi connectivity index (χ1n) is 4.93. The second kappa shape index (κ2) is 5.68. The van der Waals surface area contributed by atoms with Crippen LogP contribution in [-0.4, -0.2) is 23.8 Å². The Balaban J connectivity index is 2.76. The van der Waals surface area contributed by atoms with E-state index >= 15 is 0 Å². The molecule has 1 aromatic rings. The summed E-state index contributed by atoms with van der Waals surface area (Å²) in [6.07, 6.45) is 0.636. The molecule has 0 radical (unpaired) electrons. The molecule has 0 aliphatic heterocycles. The molecule has 2 N–H and O–H groups in total. The minimum absolute atomic E-state index is 0.149. The minimum atomic E-state index is -1.67. The Labute approximate surface area is 94.3 Å². The van der Waals surface area contributed by atoms with Crippen LogP contribution in [0.5, 0.6) is 5.75 Å². The Morgan fingerprint density at radius 1 is 1.50 bits per heavy atom. The van der Waals surface area contributed by atoms with Crippen molar-refractivity contribution in [3.05, 3.63) is 36.2 Å². The van der Waals surface area contributed by atoms with Gasteiger partial charge >= 0.3 is 7.12 Å². The average molecular weight is 224 g/mol. The lowest BCUT2D eigenvalue weighted by atomic mass is 9.79. The number of hydrogen-bond donors (Lipinski definition) is 2. The van der Waals surface area contributed by atoms with Gasteiger partial charge in [0.25, 0.3) is 0 Å². The summed E-state index contributed by atoms with van der Waals surface area (Å²) in [5.41, 5.74) is 1.10. The van der Waals surface area contributed by atoms with Gasteiger partial charge in [0, 0.05) is 17.9 Å². The number of ether oxygens (including phenoxy) is 1. The van der Waals surface area contributed by atoms with E-state index in [9.17, 15) is 4.39 Å². The summed E-state index contributed by atoms with van der Waals surface area (Å²) in [5.74, 6) is -0.328. The van der Waals surface area contributed by atoms with Crippen molar-refractivity contribution in [1.82, 2.24) is 0 Å². The predicted octanol–water partition coefficient (Wildman–Crippen LogP) is 0.850. The van der Waals surface area contributed by atoms with Crippen LogP contribution in [0.25, 0.3) is 0 Å². The molecule has 0 aromatic heterocycles. The van der Waals surface area contributed by atoms with Gasteiger partial charge in [-0.3, -0.25) is 0 Å². The van der Waals surface area contributed by atoms with E-state index in [2.05, 4.69) is 6.58 Å². The number of rotatable bonds is 5. The van der Waals surface area contributed by atoms with Crippen LogP contribution in [-0.2, 0) is 0 Å². The number of benzene rings is 1. The van der Waals surface area contributed by atoms with Crippen molar-refractivity contribution < 1.29 is 19.2 Å². The summed E-state index contributed by atoms with van der Waals surface area (Å²) in [4.78, 5) is 0. The maximum absolute atomic E-state index is 12.9. The molecule has 0 atom stereocenters. The van der Waals surface area contributed by atoms with Gasteiger partial charge in [-0.15, -0.1) is 6.58 Å². The molecule has 3 nitrogen and oxygen atoms in total. The van der Waals surface area contributed by atoms with Crippen LogP contribution in [0.15, 0.2) is 30.4 Å². The van der Waals surface area contributed by atoms with E-state index in [0.29, 0.717) is 13.0 Å². The molecule has 0 aliphatic rings. The van der Waals surface area contributed by atoms with Crippen molar-refractivity contribution in [3.8, 4) is 5.75 Å². The Hall–Kier alpha value is -1.33. The molecular formula is C11H14BFO3. The van der Waals surface area contributed by atoms with E-state index in [4.69, 9.17) is 14.8 Å². The van der Waals surface area contributed by atoms with Gasteiger partial charge in [0.05, 0.1) is 6.61 Å². The molecule has 86 valence electrons. The third kappa shape index (κ3) is 3.68. The zero-order valence-corrected chi connectivity index (χ0v) is 9.11. The molecule has 0 bridgehead atoms. The summed E-state index contributed by atoms with van der Waals surface area (Å²) in [6, 6.07) is 3.57. The van der Waals surface area contributed by atoms with E-state index in [-0.39, 0.29) is 11.2 Å². The van der Waals surface area contributed by atoms with Crippen molar-refractivity contribution in [3.63, 3.8) is 0 Å². The van der Waals surface area contributed by atoms with Crippen molar-refractivity contribution in [2.75, 3.05) is 6.61 Å². The Morgan fingerprint density at radius 3 is 2.75 bits per heavy atom. The Morgan fingerprint density at radius 2 is 2.19 bits per heavy atom. The summed E-state index contributed by atoms with van der Waals surface area (Å²) >= 11 is 0. The molecule has 0 amide bonds. The van der Waals surface area contributed by atoms with Crippen LogP contribution < -0.4 is 10.2 Å². The number of hydrogen-bond acceptors (Lipinski definition) is 3. The fourth-order valence-electron chi connectivity index (χ4n) is 1.18. The molecule has 5 heteroatoms. The van der Waals surface area contributed by atoms with Crippen LogP contribution >= 0.6 is 0 Å². The Kier molecular flexibility index (Phi) is 4.52. The molecule has 0 saturated heterocycles. The summed E-state index contributed by atoms with van der Waals surface area (Å²) in [7, 11) is -1.67. The first-order valence-corrected chi connectivity index (χ1v) is 4.93. The van der Waals surface area contributed by atoms with E-state index in [0.717, 1.165) is 17.7 Å². The highest BCUT2D eigenvalue weighted by Crippen LogP contribution is 2.11. The molecule has 0 aliphatic carbocycles. The van der Waals surface area contributed by atoms with Crippen LogP contribution in [0.3, 0.4) is 0 Å². The quantitative estimate of drug-likeness (QED) is 0.575. The molecule has 0 heterocycles. The van der Waals surface area contributed by atoms with Gasteiger partial charge in [-0.25, -0.2) is 4.39 Å². The highest BCUT2D eigenvalue weighted by molar-refractivity contribution is 6.59. The maximum atomic E-state index is 12.9. The number of halogens is 1. The van der Waals surface area contributed by atoms with Gasteiger partial charge in [0.2, 0.25) is 0 Å². The standard InChI is InChI=1S/C11H14BFO3/c1-8(2)5-6-16-11-7-9(13)3-4-10(11)12(14)15/h3-4,7,14-15H,1,5-6H2,2H3. The molecule has 0 unspecified atom stereocenters. The van der Waals surface area contributed by atoms with Gasteiger partial charge in [0.15, 0.2) is 0 Å². The zero-order chi connectivity index (χ0) is 12.1. The van der Waals surface area contributed by atoms with E-state index in [1.165, 1.54) is 6.07 Å². The monoisotopic (exact) mass is 224 g/mol. The fourth-order valence-corrected chi connectivity index (χ4v) is 1.18. The zero-order valence-electron chi connectivity index (χ0n) is 9.11. The lowest BCUT2D eigenvalue weighted by molar-refractivity contribution is 0.320. The van der Waals surface area contributed by atoms with Gasteiger partial charge in [-0.05, 0) is 13.0 Å². The van der Waals surface area contributed by atoms with Crippen molar-refractivity contribution in [2.45, 2.75) is 13.3 Å².